The van der Waals surface area contributed by atoms with Gasteiger partial charge in [0.05, 0.1) is 0 Å². The van der Waals surface area contributed by atoms with Crippen LogP contribution in [-0.2, 0) is 0 Å². The topological polar surface area (TPSA) is 56.5 Å². The summed E-state index contributed by atoms with van der Waals surface area (Å²) >= 11 is 6.80. The third-order valence-electron chi connectivity index (χ3n) is 3.14. The Morgan fingerprint density at radius 2 is 2.05 bits per heavy atom. The van der Waals surface area contributed by atoms with Gasteiger partial charge < -0.3 is 20.5 Å². The lowest BCUT2D eigenvalue weighted by Crippen LogP contribution is -2.13. The largest absolute Gasteiger partial charge is 0.454 e. The fraction of sp³-hybridized carbons (Fsp3) is 0.133. The molecule has 6 heteroatoms. The van der Waals surface area contributed by atoms with E-state index in [-0.39, 0.29) is 6.79 Å². The van der Waals surface area contributed by atoms with E-state index in [9.17, 15) is 0 Å². The minimum atomic E-state index is 0.263. The molecule has 3 rings (SSSR count). The van der Waals surface area contributed by atoms with E-state index >= 15 is 0 Å². The number of fused-ring (bicyclic) bond motifs is 1. The summed E-state index contributed by atoms with van der Waals surface area (Å²) in [4.78, 5) is 1.43. The molecule has 0 aromatic heterocycles. The summed E-state index contributed by atoms with van der Waals surface area (Å²) in [7, 11) is 0. The molecular formula is C15H14N2O2S2. The molecule has 0 unspecified atom stereocenters. The quantitative estimate of drug-likeness (QED) is 0.664. The van der Waals surface area contributed by atoms with Crippen LogP contribution in [0.15, 0.2) is 41.3 Å². The number of benzene rings is 2. The molecule has 0 aliphatic carbocycles. The van der Waals surface area contributed by atoms with Gasteiger partial charge in [0, 0.05) is 27.9 Å². The van der Waals surface area contributed by atoms with Crippen LogP contribution in [0.1, 0.15) is 5.56 Å². The van der Waals surface area contributed by atoms with E-state index in [0.717, 1.165) is 33.3 Å². The number of nitrogens with one attached hydrogen (secondary N) is 1. The molecule has 0 fully saturated rings. The summed E-state index contributed by atoms with van der Waals surface area (Å²) in [6.07, 6.45) is 2.00. The molecule has 0 amide bonds. The highest BCUT2D eigenvalue weighted by Gasteiger charge is 2.15. The van der Waals surface area contributed by atoms with Crippen LogP contribution >= 0.6 is 24.0 Å². The number of thioether (sulfide) groups is 1. The van der Waals surface area contributed by atoms with Crippen LogP contribution in [0.5, 0.6) is 11.5 Å². The highest BCUT2D eigenvalue weighted by atomic mass is 32.2. The monoisotopic (exact) mass is 318 g/mol. The minimum Gasteiger partial charge on any atom is -0.454 e. The molecule has 1 heterocycles. The van der Waals surface area contributed by atoms with Crippen molar-refractivity contribution in [3.8, 4) is 11.5 Å². The maximum Gasteiger partial charge on any atom is 0.231 e. The highest BCUT2D eigenvalue weighted by Crippen LogP contribution is 2.36. The second-order valence-electron chi connectivity index (χ2n) is 4.44. The average molecular weight is 318 g/mol. The van der Waals surface area contributed by atoms with Crippen molar-refractivity contribution >= 4 is 40.3 Å². The van der Waals surface area contributed by atoms with Crippen LogP contribution in [-0.4, -0.2) is 18.0 Å². The fourth-order valence-electron chi connectivity index (χ4n) is 2.19. The van der Waals surface area contributed by atoms with Gasteiger partial charge >= 0.3 is 0 Å². The van der Waals surface area contributed by atoms with E-state index < -0.39 is 0 Å². The standard InChI is InChI=1S/C15H14N2O2S2/c1-21-13-4-2-3-10(14(13)15(16)20)17-9-5-6-11-12(7-9)19-8-18-11/h2-7,17H,8H2,1H3,(H2,16,20). The Morgan fingerprint density at radius 1 is 1.24 bits per heavy atom. The Kier molecular flexibility index (Phi) is 3.90. The summed E-state index contributed by atoms with van der Waals surface area (Å²) in [6.45, 7) is 0.263. The van der Waals surface area contributed by atoms with E-state index in [4.69, 9.17) is 27.4 Å². The van der Waals surface area contributed by atoms with E-state index in [1.165, 1.54) is 0 Å². The number of nitrogens with two attached hydrogens (primary N) is 1. The Hall–Kier alpha value is -1.92. The van der Waals surface area contributed by atoms with Crippen molar-refractivity contribution in [3.63, 3.8) is 0 Å². The molecule has 2 aromatic carbocycles. The van der Waals surface area contributed by atoms with Gasteiger partial charge in [-0.05, 0) is 30.5 Å². The van der Waals surface area contributed by atoms with Crippen LogP contribution < -0.4 is 20.5 Å². The van der Waals surface area contributed by atoms with Crippen LogP contribution in [0.2, 0.25) is 0 Å². The Balaban J connectivity index is 1.96. The minimum absolute atomic E-state index is 0.263. The van der Waals surface area contributed by atoms with Gasteiger partial charge in [0.15, 0.2) is 11.5 Å². The Labute approximate surface area is 132 Å². The van der Waals surface area contributed by atoms with Crippen molar-refractivity contribution in [3.05, 3.63) is 42.0 Å². The lowest BCUT2D eigenvalue weighted by atomic mass is 10.1. The first-order valence-electron chi connectivity index (χ1n) is 6.32. The summed E-state index contributed by atoms with van der Waals surface area (Å²) in [5, 5.41) is 3.34. The van der Waals surface area contributed by atoms with Gasteiger partial charge in [-0.1, -0.05) is 18.3 Å². The molecular weight excluding hydrogens is 304 g/mol. The van der Waals surface area contributed by atoms with Gasteiger partial charge in [0.25, 0.3) is 0 Å². The smallest absolute Gasteiger partial charge is 0.231 e. The number of ether oxygens (including phenoxy) is 2. The third kappa shape index (κ3) is 2.77. The van der Waals surface area contributed by atoms with Crippen molar-refractivity contribution in [2.75, 3.05) is 18.4 Å². The summed E-state index contributed by atoms with van der Waals surface area (Å²) in [5.41, 5.74) is 8.51. The van der Waals surface area contributed by atoms with E-state index in [1.54, 1.807) is 11.8 Å². The van der Waals surface area contributed by atoms with Crippen LogP contribution in [0.25, 0.3) is 0 Å². The van der Waals surface area contributed by atoms with Gasteiger partial charge in [0.1, 0.15) is 4.99 Å². The summed E-state index contributed by atoms with van der Waals surface area (Å²) in [5.74, 6) is 1.49. The molecule has 0 radical (unpaired) electrons. The number of hydrogen-bond donors (Lipinski definition) is 2. The summed E-state index contributed by atoms with van der Waals surface area (Å²) in [6, 6.07) is 11.6. The molecule has 0 atom stereocenters. The maximum atomic E-state index is 5.87. The highest BCUT2D eigenvalue weighted by molar-refractivity contribution is 7.98. The molecule has 1 aliphatic rings. The second kappa shape index (κ2) is 5.83. The summed E-state index contributed by atoms with van der Waals surface area (Å²) < 4.78 is 10.7. The number of anilines is 2. The van der Waals surface area contributed by atoms with Crippen molar-refractivity contribution in [2.24, 2.45) is 5.73 Å². The van der Waals surface area contributed by atoms with Crippen molar-refractivity contribution in [2.45, 2.75) is 4.90 Å². The van der Waals surface area contributed by atoms with Gasteiger partial charge in [-0.3, -0.25) is 0 Å². The first-order valence-corrected chi connectivity index (χ1v) is 7.96. The molecule has 1 aliphatic heterocycles. The van der Waals surface area contributed by atoms with Gasteiger partial charge in [-0.15, -0.1) is 11.8 Å². The van der Waals surface area contributed by atoms with Crippen LogP contribution in [0.4, 0.5) is 11.4 Å². The van der Waals surface area contributed by atoms with Crippen molar-refractivity contribution < 1.29 is 9.47 Å². The third-order valence-corrected chi connectivity index (χ3v) is 4.13. The normalized spacial score (nSPS) is 12.2. The molecule has 0 saturated carbocycles. The fourth-order valence-corrected chi connectivity index (χ4v) is 3.11. The molecule has 2 aromatic rings. The van der Waals surface area contributed by atoms with E-state index in [0.29, 0.717) is 4.99 Å². The molecule has 0 bridgehead atoms. The van der Waals surface area contributed by atoms with E-state index in [1.807, 2.05) is 42.7 Å². The van der Waals surface area contributed by atoms with Gasteiger partial charge in [-0.2, -0.15) is 0 Å². The first kappa shape index (κ1) is 14.0. The molecule has 3 N–H and O–H groups in total. The predicted octanol–water partition coefficient (Wildman–Crippen LogP) is 3.52. The maximum absolute atomic E-state index is 5.87. The van der Waals surface area contributed by atoms with Crippen LogP contribution in [0, 0.1) is 0 Å². The second-order valence-corrected chi connectivity index (χ2v) is 5.73. The first-order chi connectivity index (χ1) is 10.2. The Morgan fingerprint density at radius 3 is 2.81 bits per heavy atom. The van der Waals surface area contributed by atoms with E-state index in [2.05, 4.69) is 5.32 Å². The number of rotatable bonds is 4. The van der Waals surface area contributed by atoms with Crippen molar-refractivity contribution in [1.29, 1.82) is 0 Å². The molecule has 21 heavy (non-hydrogen) atoms. The molecule has 0 saturated heterocycles. The SMILES string of the molecule is CSc1cccc(Nc2ccc3c(c2)OCO3)c1C(N)=S. The zero-order valence-electron chi connectivity index (χ0n) is 11.4. The molecule has 108 valence electrons. The number of hydrogen-bond acceptors (Lipinski definition) is 5. The zero-order valence-corrected chi connectivity index (χ0v) is 13.0. The Bertz CT molecular complexity index is 704. The van der Waals surface area contributed by atoms with Gasteiger partial charge in [-0.25, -0.2) is 0 Å². The van der Waals surface area contributed by atoms with Gasteiger partial charge in [0.2, 0.25) is 6.79 Å². The average Bonchev–Trinajstić information content (AvgIpc) is 2.94. The lowest BCUT2D eigenvalue weighted by Gasteiger charge is -2.14. The van der Waals surface area contributed by atoms with Crippen LogP contribution in [0.3, 0.4) is 0 Å². The lowest BCUT2D eigenvalue weighted by molar-refractivity contribution is 0.174. The zero-order chi connectivity index (χ0) is 14.8. The molecule has 4 nitrogen and oxygen atoms in total. The van der Waals surface area contributed by atoms with Crippen molar-refractivity contribution in [1.82, 2.24) is 0 Å². The predicted molar refractivity (Wildman–Crippen MR) is 90.0 cm³/mol. The molecule has 0 spiro atoms. The number of thiocarbonyl (C=S) groups is 1.